The fourth-order valence-electron chi connectivity index (χ4n) is 5.99. The number of carboxylic acids is 1. The molecule has 0 radical (unpaired) electrons. The van der Waals surface area contributed by atoms with Gasteiger partial charge in [-0.1, -0.05) is 55.0 Å². The molecule has 2 fully saturated rings. The van der Waals surface area contributed by atoms with E-state index in [4.69, 9.17) is 4.74 Å². The molecule has 2 aromatic carbocycles. The molecule has 1 saturated heterocycles. The Balaban J connectivity index is 1.16. The van der Waals surface area contributed by atoms with Gasteiger partial charge in [0.1, 0.15) is 6.61 Å². The summed E-state index contributed by atoms with van der Waals surface area (Å²) in [7, 11) is 0. The molecule has 1 saturated carbocycles. The summed E-state index contributed by atoms with van der Waals surface area (Å²) in [5.41, 5.74) is 4.72. The van der Waals surface area contributed by atoms with Crippen LogP contribution in [0.3, 0.4) is 0 Å². The second kappa shape index (κ2) is 10.1. The smallest absolute Gasteiger partial charge is 0.407 e. The molecule has 35 heavy (non-hydrogen) atoms. The summed E-state index contributed by atoms with van der Waals surface area (Å²) < 4.78 is 5.68. The van der Waals surface area contributed by atoms with Gasteiger partial charge in [-0.2, -0.15) is 0 Å². The maximum Gasteiger partial charge on any atom is 0.407 e. The van der Waals surface area contributed by atoms with E-state index in [0.717, 1.165) is 25.7 Å². The Hall–Kier alpha value is -3.35. The number of benzene rings is 2. The molecule has 2 amide bonds. The van der Waals surface area contributed by atoms with Crippen molar-refractivity contribution in [1.29, 1.82) is 0 Å². The first kappa shape index (κ1) is 23.4. The van der Waals surface area contributed by atoms with E-state index in [0.29, 0.717) is 19.4 Å². The van der Waals surface area contributed by atoms with Crippen molar-refractivity contribution in [3.05, 3.63) is 59.7 Å². The fourth-order valence-corrected chi connectivity index (χ4v) is 5.99. The van der Waals surface area contributed by atoms with Crippen LogP contribution in [0, 0.1) is 11.8 Å². The molecule has 184 valence electrons. The van der Waals surface area contributed by atoms with E-state index in [1.165, 1.54) is 22.3 Å². The molecule has 3 aliphatic rings. The SMILES string of the molecule is O=C(NC1CCCC(C(=O)N2CCCC(C(=O)O)C2)C1)OCC1c2ccccc2-c2ccccc21. The maximum absolute atomic E-state index is 13.1. The number of hydrogen-bond acceptors (Lipinski definition) is 4. The molecule has 2 aliphatic carbocycles. The quantitative estimate of drug-likeness (QED) is 0.667. The molecule has 2 N–H and O–H groups in total. The van der Waals surface area contributed by atoms with Crippen molar-refractivity contribution in [2.45, 2.75) is 50.5 Å². The van der Waals surface area contributed by atoms with E-state index >= 15 is 0 Å². The van der Waals surface area contributed by atoms with Gasteiger partial charge in [-0.05, 0) is 54.4 Å². The van der Waals surface area contributed by atoms with Gasteiger partial charge < -0.3 is 20.1 Å². The molecule has 3 unspecified atom stereocenters. The zero-order valence-electron chi connectivity index (χ0n) is 19.8. The van der Waals surface area contributed by atoms with Crippen molar-refractivity contribution in [2.75, 3.05) is 19.7 Å². The number of carboxylic acid groups (broad SMARTS) is 1. The van der Waals surface area contributed by atoms with Gasteiger partial charge in [0.25, 0.3) is 0 Å². The largest absolute Gasteiger partial charge is 0.481 e. The number of piperidine rings is 1. The summed E-state index contributed by atoms with van der Waals surface area (Å²) in [6.45, 7) is 1.16. The van der Waals surface area contributed by atoms with Gasteiger partial charge in [-0.25, -0.2) is 4.79 Å². The van der Waals surface area contributed by atoms with Crippen molar-refractivity contribution in [3.63, 3.8) is 0 Å². The predicted octanol–water partition coefficient (Wildman–Crippen LogP) is 4.41. The molecule has 3 atom stereocenters. The standard InChI is InChI=1S/C28H32N2O5/c31-26(30-14-6-8-19(16-30)27(32)33)18-7-5-9-20(15-18)29-28(34)35-17-25-23-12-3-1-10-21(23)22-11-2-4-13-24(22)25/h1-4,10-13,18-20,25H,5-9,14-17H2,(H,29,34)(H,32,33). The van der Waals surface area contributed by atoms with Crippen molar-refractivity contribution in [1.82, 2.24) is 10.2 Å². The molecular formula is C28H32N2O5. The first-order valence-electron chi connectivity index (χ1n) is 12.6. The lowest BCUT2D eigenvalue weighted by atomic mass is 9.84. The lowest BCUT2D eigenvalue weighted by Gasteiger charge is -2.36. The van der Waals surface area contributed by atoms with E-state index in [9.17, 15) is 19.5 Å². The number of amides is 2. The fraction of sp³-hybridized carbons (Fsp3) is 0.464. The minimum atomic E-state index is -0.832. The molecule has 5 rings (SSSR count). The maximum atomic E-state index is 13.1. The van der Waals surface area contributed by atoms with Crippen molar-refractivity contribution < 1.29 is 24.2 Å². The Kier molecular flexibility index (Phi) is 6.75. The van der Waals surface area contributed by atoms with Crippen LogP contribution in [-0.2, 0) is 14.3 Å². The van der Waals surface area contributed by atoms with Crippen LogP contribution in [0.4, 0.5) is 4.79 Å². The zero-order chi connectivity index (χ0) is 24.4. The van der Waals surface area contributed by atoms with Crippen LogP contribution in [0.2, 0.25) is 0 Å². The Morgan fingerprint density at radius 1 is 0.914 bits per heavy atom. The summed E-state index contributed by atoms with van der Waals surface area (Å²) in [5, 5.41) is 12.3. The number of alkyl carbamates (subject to hydrolysis) is 1. The molecular weight excluding hydrogens is 444 g/mol. The second-order valence-electron chi connectivity index (χ2n) is 9.99. The first-order chi connectivity index (χ1) is 17.0. The minimum absolute atomic E-state index is 0.00937. The average Bonchev–Trinajstić information content (AvgIpc) is 3.21. The predicted molar refractivity (Wildman–Crippen MR) is 131 cm³/mol. The van der Waals surface area contributed by atoms with Crippen molar-refractivity contribution >= 4 is 18.0 Å². The lowest BCUT2D eigenvalue weighted by Crippen LogP contribution is -2.47. The zero-order valence-corrected chi connectivity index (χ0v) is 19.8. The Morgan fingerprint density at radius 2 is 1.57 bits per heavy atom. The molecule has 0 bridgehead atoms. The molecule has 1 aliphatic heterocycles. The van der Waals surface area contributed by atoms with Crippen LogP contribution in [0.25, 0.3) is 11.1 Å². The van der Waals surface area contributed by atoms with E-state index < -0.39 is 18.0 Å². The average molecular weight is 477 g/mol. The van der Waals surface area contributed by atoms with Crippen LogP contribution in [0.15, 0.2) is 48.5 Å². The van der Waals surface area contributed by atoms with Crippen LogP contribution < -0.4 is 5.32 Å². The van der Waals surface area contributed by atoms with E-state index in [-0.39, 0.29) is 36.9 Å². The third kappa shape index (κ3) is 4.90. The lowest BCUT2D eigenvalue weighted by molar-refractivity contribution is -0.147. The Labute approximate surface area is 205 Å². The summed E-state index contributed by atoms with van der Waals surface area (Å²) in [4.78, 5) is 38.8. The Morgan fingerprint density at radius 3 is 2.26 bits per heavy atom. The summed E-state index contributed by atoms with van der Waals surface area (Å²) >= 11 is 0. The molecule has 7 heteroatoms. The van der Waals surface area contributed by atoms with Gasteiger partial charge in [0.05, 0.1) is 5.92 Å². The van der Waals surface area contributed by atoms with E-state index in [1.54, 1.807) is 4.90 Å². The third-order valence-electron chi connectivity index (χ3n) is 7.77. The monoisotopic (exact) mass is 476 g/mol. The number of nitrogens with zero attached hydrogens (tertiary/aromatic N) is 1. The number of carbonyl (C=O) groups is 3. The normalized spacial score (nSPS) is 23.8. The number of ether oxygens (including phenoxy) is 1. The summed E-state index contributed by atoms with van der Waals surface area (Å²) in [5.74, 6) is -1.47. The molecule has 1 heterocycles. The van der Waals surface area contributed by atoms with E-state index in [1.807, 2.05) is 24.3 Å². The van der Waals surface area contributed by atoms with Gasteiger partial charge in [-0.3, -0.25) is 9.59 Å². The van der Waals surface area contributed by atoms with Crippen LogP contribution >= 0.6 is 0 Å². The summed E-state index contributed by atoms with van der Waals surface area (Å²) in [6.07, 6.45) is 3.89. The van der Waals surface area contributed by atoms with Gasteiger partial charge in [0, 0.05) is 31.0 Å². The highest BCUT2D eigenvalue weighted by atomic mass is 16.5. The third-order valence-corrected chi connectivity index (χ3v) is 7.77. The molecule has 2 aromatic rings. The molecule has 0 spiro atoms. The number of rotatable bonds is 5. The highest BCUT2D eigenvalue weighted by Gasteiger charge is 2.35. The Bertz CT molecular complexity index is 1070. The van der Waals surface area contributed by atoms with Crippen LogP contribution in [-0.4, -0.2) is 53.7 Å². The number of carbonyl (C=O) groups excluding carboxylic acids is 2. The summed E-state index contributed by atoms with van der Waals surface area (Å²) in [6, 6.07) is 16.4. The van der Waals surface area contributed by atoms with E-state index in [2.05, 4.69) is 29.6 Å². The highest BCUT2D eigenvalue weighted by Crippen LogP contribution is 2.44. The van der Waals surface area contributed by atoms with Crippen molar-refractivity contribution in [3.8, 4) is 11.1 Å². The van der Waals surface area contributed by atoms with Gasteiger partial charge >= 0.3 is 12.1 Å². The van der Waals surface area contributed by atoms with Gasteiger partial charge in [0.15, 0.2) is 0 Å². The molecule has 0 aromatic heterocycles. The van der Waals surface area contributed by atoms with Crippen LogP contribution in [0.1, 0.15) is 55.6 Å². The number of aliphatic carboxylic acids is 1. The van der Waals surface area contributed by atoms with Gasteiger partial charge in [-0.15, -0.1) is 0 Å². The first-order valence-corrected chi connectivity index (χ1v) is 12.6. The highest BCUT2D eigenvalue weighted by molar-refractivity contribution is 5.81. The second-order valence-corrected chi connectivity index (χ2v) is 9.99. The van der Waals surface area contributed by atoms with Crippen LogP contribution in [0.5, 0.6) is 0 Å². The molecule has 7 nitrogen and oxygen atoms in total. The van der Waals surface area contributed by atoms with Gasteiger partial charge in [0.2, 0.25) is 5.91 Å². The number of fused-ring (bicyclic) bond motifs is 3. The topological polar surface area (TPSA) is 95.9 Å². The number of hydrogen-bond donors (Lipinski definition) is 2. The number of nitrogens with one attached hydrogen (secondary N) is 1. The van der Waals surface area contributed by atoms with Crippen molar-refractivity contribution in [2.24, 2.45) is 11.8 Å². The number of likely N-dealkylation sites (tertiary alicyclic amines) is 1. The minimum Gasteiger partial charge on any atom is -0.481 e.